The zero-order valence-electron chi connectivity index (χ0n) is 20.2. The standard InChI is InChI=1S/C27H32N6O2/c1-20-25(30-18-16-28-21(2)34)32-27(23-13-7-4-8-14-23)33-26(20)31-19-17-29-24(35)15-9-12-22-10-5-3-6-11-22/h3-14H,15-19H2,1-2H3,(H,28,34)(H,29,35)(H2,30,31,32,33). The fraction of sp³-hybridized carbons (Fsp3) is 0.259. The lowest BCUT2D eigenvalue weighted by atomic mass is 10.2. The summed E-state index contributed by atoms with van der Waals surface area (Å²) in [4.78, 5) is 32.7. The molecule has 3 rings (SSSR count). The molecule has 8 heteroatoms. The van der Waals surface area contributed by atoms with E-state index >= 15 is 0 Å². The smallest absolute Gasteiger partial charge is 0.223 e. The van der Waals surface area contributed by atoms with Crippen LogP contribution in [0.4, 0.5) is 11.6 Å². The van der Waals surface area contributed by atoms with Crippen LogP contribution in [0.5, 0.6) is 0 Å². The normalized spacial score (nSPS) is 10.7. The van der Waals surface area contributed by atoms with Crippen LogP contribution in [0, 0.1) is 6.92 Å². The fourth-order valence-corrected chi connectivity index (χ4v) is 3.32. The van der Waals surface area contributed by atoms with Crippen molar-refractivity contribution in [2.24, 2.45) is 0 Å². The van der Waals surface area contributed by atoms with Crippen molar-refractivity contribution in [2.75, 3.05) is 36.8 Å². The molecule has 0 aliphatic rings. The van der Waals surface area contributed by atoms with Crippen LogP contribution in [0.25, 0.3) is 17.5 Å². The predicted octanol–water partition coefficient (Wildman–Crippen LogP) is 3.63. The van der Waals surface area contributed by atoms with Gasteiger partial charge in [-0.15, -0.1) is 0 Å². The maximum atomic E-state index is 12.1. The lowest BCUT2D eigenvalue weighted by molar-refractivity contribution is -0.120. The molecular weight excluding hydrogens is 440 g/mol. The lowest BCUT2D eigenvalue weighted by Gasteiger charge is -2.16. The Bertz CT molecular complexity index is 1130. The van der Waals surface area contributed by atoms with Crippen LogP contribution in [-0.4, -0.2) is 48.0 Å². The highest BCUT2D eigenvalue weighted by Gasteiger charge is 2.12. The summed E-state index contributed by atoms with van der Waals surface area (Å²) in [6.45, 7) is 5.44. The number of hydrogen-bond acceptors (Lipinski definition) is 6. The second-order valence-electron chi connectivity index (χ2n) is 7.94. The number of nitrogens with one attached hydrogen (secondary N) is 4. The molecule has 2 aromatic carbocycles. The number of nitrogens with zero attached hydrogens (tertiary/aromatic N) is 2. The van der Waals surface area contributed by atoms with Gasteiger partial charge in [0, 0.05) is 50.7 Å². The predicted molar refractivity (Wildman–Crippen MR) is 141 cm³/mol. The third kappa shape index (κ3) is 8.58. The summed E-state index contributed by atoms with van der Waals surface area (Å²) < 4.78 is 0. The Kier molecular flexibility index (Phi) is 9.80. The average molecular weight is 473 g/mol. The molecule has 1 aromatic heterocycles. The van der Waals surface area contributed by atoms with Crippen molar-refractivity contribution in [2.45, 2.75) is 20.3 Å². The van der Waals surface area contributed by atoms with Gasteiger partial charge < -0.3 is 21.3 Å². The van der Waals surface area contributed by atoms with E-state index in [-0.39, 0.29) is 11.8 Å². The van der Waals surface area contributed by atoms with Gasteiger partial charge in [-0.25, -0.2) is 9.97 Å². The number of carbonyl (C=O) groups is 2. The molecule has 0 fully saturated rings. The van der Waals surface area contributed by atoms with Crippen LogP contribution >= 0.6 is 0 Å². The van der Waals surface area contributed by atoms with Crippen LogP contribution < -0.4 is 21.3 Å². The molecule has 0 saturated heterocycles. The van der Waals surface area contributed by atoms with Gasteiger partial charge >= 0.3 is 0 Å². The van der Waals surface area contributed by atoms with E-state index in [4.69, 9.17) is 4.98 Å². The third-order valence-electron chi connectivity index (χ3n) is 5.12. The second-order valence-corrected chi connectivity index (χ2v) is 7.94. The van der Waals surface area contributed by atoms with Gasteiger partial charge in [0.2, 0.25) is 11.8 Å². The Morgan fingerprint density at radius 3 is 1.97 bits per heavy atom. The first kappa shape index (κ1) is 25.4. The van der Waals surface area contributed by atoms with E-state index in [0.717, 1.165) is 16.7 Å². The largest absolute Gasteiger partial charge is 0.368 e. The molecule has 4 N–H and O–H groups in total. The molecule has 0 radical (unpaired) electrons. The van der Waals surface area contributed by atoms with Gasteiger partial charge in [0.25, 0.3) is 0 Å². The molecule has 3 aromatic rings. The van der Waals surface area contributed by atoms with Gasteiger partial charge in [0.15, 0.2) is 5.82 Å². The molecule has 0 atom stereocenters. The van der Waals surface area contributed by atoms with E-state index in [9.17, 15) is 9.59 Å². The van der Waals surface area contributed by atoms with Crippen molar-refractivity contribution in [3.8, 4) is 11.4 Å². The molecule has 8 nitrogen and oxygen atoms in total. The Hall–Kier alpha value is -4.20. The molecule has 0 saturated carbocycles. The minimum atomic E-state index is -0.0730. The monoisotopic (exact) mass is 472 g/mol. The third-order valence-corrected chi connectivity index (χ3v) is 5.12. The van der Waals surface area contributed by atoms with Gasteiger partial charge in [0.1, 0.15) is 11.6 Å². The van der Waals surface area contributed by atoms with Crippen molar-refractivity contribution < 1.29 is 9.59 Å². The number of aromatic nitrogens is 2. The maximum absolute atomic E-state index is 12.1. The molecule has 0 aliphatic carbocycles. The molecule has 0 bridgehead atoms. The van der Waals surface area contributed by atoms with Crippen molar-refractivity contribution in [1.82, 2.24) is 20.6 Å². The Labute approximate surface area is 206 Å². The molecule has 0 aliphatic heterocycles. The zero-order chi connectivity index (χ0) is 24.9. The van der Waals surface area contributed by atoms with Crippen molar-refractivity contribution in [1.29, 1.82) is 0 Å². The Morgan fingerprint density at radius 1 is 0.800 bits per heavy atom. The van der Waals surface area contributed by atoms with Crippen LogP contribution in [-0.2, 0) is 9.59 Å². The summed E-state index contributed by atoms with van der Waals surface area (Å²) in [5.74, 6) is 1.87. The molecule has 1 heterocycles. The van der Waals surface area contributed by atoms with E-state index in [1.54, 1.807) is 0 Å². The van der Waals surface area contributed by atoms with E-state index in [1.165, 1.54) is 6.92 Å². The van der Waals surface area contributed by atoms with Crippen molar-refractivity contribution in [3.05, 3.63) is 77.9 Å². The van der Waals surface area contributed by atoms with Gasteiger partial charge in [-0.1, -0.05) is 72.8 Å². The van der Waals surface area contributed by atoms with Crippen molar-refractivity contribution in [3.63, 3.8) is 0 Å². The maximum Gasteiger partial charge on any atom is 0.223 e. The Morgan fingerprint density at radius 2 is 1.37 bits per heavy atom. The van der Waals surface area contributed by atoms with Gasteiger partial charge in [0.05, 0.1) is 0 Å². The number of rotatable bonds is 12. The minimum Gasteiger partial charge on any atom is -0.368 e. The number of carbonyl (C=O) groups excluding carboxylic acids is 2. The molecule has 0 spiro atoms. The molecule has 2 amide bonds. The van der Waals surface area contributed by atoms with E-state index in [1.807, 2.05) is 79.7 Å². The van der Waals surface area contributed by atoms with Crippen LogP contribution in [0.3, 0.4) is 0 Å². The average Bonchev–Trinajstić information content (AvgIpc) is 2.87. The second kappa shape index (κ2) is 13.5. The van der Waals surface area contributed by atoms with Crippen molar-refractivity contribution >= 4 is 29.5 Å². The highest BCUT2D eigenvalue weighted by atomic mass is 16.2. The molecule has 0 unspecified atom stereocenters. The quantitative estimate of drug-likeness (QED) is 0.300. The summed E-state index contributed by atoms with van der Waals surface area (Å²) in [5.41, 5.74) is 2.83. The van der Waals surface area contributed by atoms with Crippen LogP contribution in [0.1, 0.15) is 24.5 Å². The van der Waals surface area contributed by atoms with E-state index in [2.05, 4.69) is 26.3 Å². The van der Waals surface area contributed by atoms with Gasteiger partial charge in [-0.2, -0.15) is 0 Å². The molecule has 35 heavy (non-hydrogen) atoms. The summed E-state index contributed by atoms with van der Waals surface area (Å²) in [7, 11) is 0. The summed E-state index contributed by atoms with van der Waals surface area (Å²) in [5, 5.41) is 12.3. The lowest BCUT2D eigenvalue weighted by Crippen LogP contribution is -2.28. The van der Waals surface area contributed by atoms with E-state index < -0.39 is 0 Å². The molecule has 182 valence electrons. The van der Waals surface area contributed by atoms with Gasteiger partial charge in [-0.05, 0) is 12.5 Å². The molecular formula is C27H32N6O2. The summed E-state index contributed by atoms with van der Waals surface area (Å²) >= 11 is 0. The first-order valence-electron chi connectivity index (χ1n) is 11.7. The Balaban J connectivity index is 1.57. The number of benzene rings is 2. The highest BCUT2D eigenvalue weighted by Crippen LogP contribution is 2.24. The number of amides is 2. The first-order valence-corrected chi connectivity index (χ1v) is 11.7. The topological polar surface area (TPSA) is 108 Å². The van der Waals surface area contributed by atoms with Crippen LogP contribution in [0.2, 0.25) is 0 Å². The number of anilines is 2. The minimum absolute atomic E-state index is 0.0382. The van der Waals surface area contributed by atoms with Gasteiger partial charge in [-0.3, -0.25) is 9.59 Å². The first-order chi connectivity index (χ1) is 17.0. The van der Waals surface area contributed by atoms with E-state index in [0.29, 0.717) is 50.1 Å². The zero-order valence-corrected chi connectivity index (χ0v) is 20.2. The number of hydrogen-bond donors (Lipinski definition) is 4. The summed E-state index contributed by atoms with van der Waals surface area (Å²) in [6.07, 6.45) is 4.12. The summed E-state index contributed by atoms with van der Waals surface area (Å²) in [6, 6.07) is 19.6. The SMILES string of the molecule is CC(=O)NCCNc1nc(-c2ccccc2)nc(NCCNC(=O)CC=Cc2ccccc2)c1C. The highest BCUT2D eigenvalue weighted by molar-refractivity contribution is 5.78. The fourth-order valence-electron chi connectivity index (χ4n) is 3.32. The van der Waals surface area contributed by atoms with Crippen LogP contribution in [0.15, 0.2) is 66.7 Å².